The molecule has 7 heteroatoms. The van der Waals surface area contributed by atoms with E-state index in [1.807, 2.05) is 18.2 Å². The Morgan fingerprint density at radius 2 is 1.84 bits per heavy atom. The third kappa shape index (κ3) is 9.05. The minimum Gasteiger partial charge on any atom is -0.492 e. The number of morpholine rings is 1. The average Bonchev–Trinajstić information content (AvgIpc) is 3.09. The van der Waals surface area contributed by atoms with E-state index in [-0.39, 0.29) is 0 Å². The molecule has 1 aromatic rings. The van der Waals surface area contributed by atoms with E-state index in [1.54, 1.807) is 7.05 Å². The largest absolute Gasteiger partial charge is 0.492 e. The van der Waals surface area contributed by atoms with Crippen LogP contribution in [0.15, 0.2) is 29.3 Å². The van der Waals surface area contributed by atoms with Gasteiger partial charge in [0.15, 0.2) is 5.96 Å². The number of nitrogens with zero attached hydrogens (tertiary/aromatic N) is 2. The fourth-order valence-corrected chi connectivity index (χ4v) is 4.10. The quantitative estimate of drug-likeness (QED) is 0.257. The van der Waals surface area contributed by atoms with Crippen molar-refractivity contribution in [3.63, 3.8) is 0 Å². The second kappa shape index (κ2) is 14.3. The molecule has 0 unspecified atom stereocenters. The fourth-order valence-electron chi connectivity index (χ4n) is 4.10. The highest BCUT2D eigenvalue weighted by Crippen LogP contribution is 2.19. The number of hydrogen-bond acceptors (Lipinski definition) is 5. The van der Waals surface area contributed by atoms with E-state index in [1.165, 1.54) is 38.5 Å². The van der Waals surface area contributed by atoms with Gasteiger partial charge in [0.2, 0.25) is 0 Å². The van der Waals surface area contributed by atoms with Crippen molar-refractivity contribution in [1.29, 1.82) is 0 Å². The molecule has 3 rings (SSSR count). The van der Waals surface area contributed by atoms with E-state index in [9.17, 15) is 0 Å². The van der Waals surface area contributed by atoms with E-state index in [0.29, 0.717) is 25.9 Å². The van der Waals surface area contributed by atoms with E-state index >= 15 is 0 Å². The lowest BCUT2D eigenvalue weighted by Gasteiger charge is -2.26. The second-order valence-corrected chi connectivity index (χ2v) is 8.25. The molecule has 0 bridgehead atoms. The minimum absolute atomic E-state index is 0.431. The average molecular weight is 433 g/mol. The van der Waals surface area contributed by atoms with Crippen LogP contribution in [0.5, 0.6) is 5.75 Å². The normalized spacial score (nSPS) is 19.1. The zero-order chi connectivity index (χ0) is 21.6. The van der Waals surface area contributed by atoms with E-state index in [4.69, 9.17) is 14.2 Å². The van der Waals surface area contributed by atoms with Gasteiger partial charge in [-0.05, 0) is 18.9 Å². The number of hydrogen-bond donors (Lipinski definition) is 2. The summed E-state index contributed by atoms with van der Waals surface area (Å²) in [5.74, 6) is 1.71. The van der Waals surface area contributed by atoms with Crippen molar-refractivity contribution in [1.82, 2.24) is 15.5 Å². The molecule has 0 atom stereocenters. The molecular weight excluding hydrogens is 392 g/mol. The summed E-state index contributed by atoms with van der Waals surface area (Å²) in [5, 5.41) is 6.75. The first-order valence-electron chi connectivity index (χ1n) is 11.9. The monoisotopic (exact) mass is 432 g/mol. The number of para-hydroxylation sites is 1. The molecule has 1 saturated carbocycles. The fraction of sp³-hybridized carbons (Fsp3) is 0.708. The lowest BCUT2D eigenvalue weighted by molar-refractivity contribution is 0.0322. The Hall–Kier alpha value is -1.83. The van der Waals surface area contributed by atoms with Gasteiger partial charge in [0, 0.05) is 45.3 Å². The molecule has 1 aliphatic heterocycles. The molecular formula is C24H40N4O3. The highest BCUT2D eigenvalue weighted by molar-refractivity contribution is 5.79. The molecule has 1 aromatic carbocycles. The number of guanidine groups is 1. The Morgan fingerprint density at radius 3 is 2.61 bits per heavy atom. The third-order valence-corrected chi connectivity index (χ3v) is 5.96. The molecule has 0 radical (unpaired) electrons. The van der Waals surface area contributed by atoms with E-state index in [2.05, 4.69) is 26.6 Å². The van der Waals surface area contributed by atoms with Gasteiger partial charge in [0.1, 0.15) is 12.4 Å². The number of nitrogens with one attached hydrogen (secondary N) is 2. The highest BCUT2D eigenvalue weighted by Gasteiger charge is 2.13. The van der Waals surface area contributed by atoms with E-state index in [0.717, 1.165) is 56.7 Å². The molecule has 0 spiro atoms. The summed E-state index contributed by atoms with van der Waals surface area (Å²) in [6.07, 6.45) is 8.15. The van der Waals surface area contributed by atoms with Crippen molar-refractivity contribution in [2.24, 2.45) is 4.99 Å². The van der Waals surface area contributed by atoms with Crippen LogP contribution in [0.4, 0.5) is 0 Å². The van der Waals surface area contributed by atoms with Gasteiger partial charge in [-0.15, -0.1) is 0 Å². The van der Waals surface area contributed by atoms with Gasteiger partial charge >= 0.3 is 0 Å². The van der Waals surface area contributed by atoms with Crippen LogP contribution in [-0.4, -0.2) is 76.6 Å². The zero-order valence-corrected chi connectivity index (χ0v) is 19.1. The van der Waals surface area contributed by atoms with Gasteiger partial charge in [-0.3, -0.25) is 9.89 Å². The maximum atomic E-state index is 6.08. The number of ether oxygens (including phenoxy) is 3. The summed E-state index contributed by atoms with van der Waals surface area (Å²) < 4.78 is 17.5. The van der Waals surface area contributed by atoms with Crippen LogP contribution in [0.25, 0.3) is 0 Å². The molecule has 2 fully saturated rings. The van der Waals surface area contributed by atoms with Crippen LogP contribution in [0.1, 0.15) is 44.1 Å². The molecule has 0 aromatic heterocycles. The van der Waals surface area contributed by atoms with E-state index < -0.39 is 0 Å². The third-order valence-electron chi connectivity index (χ3n) is 5.96. The van der Waals surface area contributed by atoms with Crippen molar-refractivity contribution >= 4 is 5.96 Å². The second-order valence-electron chi connectivity index (χ2n) is 8.25. The van der Waals surface area contributed by atoms with Crippen LogP contribution >= 0.6 is 0 Å². The maximum Gasteiger partial charge on any atom is 0.191 e. The molecule has 174 valence electrons. The minimum atomic E-state index is 0.431. The lowest BCUT2D eigenvalue weighted by Crippen LogP contribution is -2.39. The Labute approximate surface area is 187 Å². The van der Waals surface area contributed by atoms with Gasteiger partial charge in [-0.25, -0.2) is 0 Å². The van der Waals surface area contributed by atoms with Gasteiger partial charge in [0.05, 0.1) is 25.9 Å². The smallest absolute Gasteiger partial charge is 0.191 e. The first-order valence-corrected chi connectivity index (χ1v) is 11.9. The SMILES string of the molecule is CN=C(NCCOC1CCCCCC1)NCc1ccccc1OCCN1CCOCC1. The molecule has 1 saturated heterocycles. The van der Waals surface area contributed by atoms with Gasteiger partial charge in [-0.2, -0.15) is 0 Å². The summed E-state index contributed by atoms with van der Waals surface area (Å²) in [6.45, 7) is 7.35. The maximum absolute atomic E-state index is 6.08. The van der Waals surface area contributed by atoms with Crippen molar-refractivity contribution in [3.05, 3.63) is 29.8 Å². The molecule has 2 N–H and O–H groups in total. The van der Waals surface area contributed by atoms with Gasteiger partial charge < -0.3 is 24.8 Å². The van der Waals surface area contributed by atoms with Crippen LogP contribution in [-0.2, 0) is 16.0 Å². The number of aliphatic imine (C=N–C) groups is 1. The first kappa shape index (κ1) is 23.8. The van der Waals surface area contributed by atoms with Crippen LogP contribution in [0.3, 0.4) is 0 Å². The lowest BCUT2D eigenvalue weighted by atomic mass is 10.1. The van der Waals surface area contributed by atoms with Crippen molar-refractivity contribution < 1.29 is 14.2 Å². The predicted molar refractivity (Wildman–Crippen MR) is 125 cm³/mol. The molecule has 2 aliphatic rings. The zero-order valence-electron chi connectivity index (χ0n) is 19.1. The first-order chi connectivity index (χ1) is 15.3. The summed E-state index contributed by atoms with van der Waals surface area (Å²) in [5.41, 5.74) is 1.13. The Morgan fingerprint density at radius 1 is 1.06 bits per heavy atom. The summed E-state index contributed by atoms with van der Waals surface area (Å²) in [4.78, 5) is 6.72. The summed E-state index contributed by atoms with van der Waals surface area (Å²) >= 11 is 0. The van der Waals surface area contributed by atoms with Crippen molar-refractivity contribution in [2.45, 2.75) is 51.2 Å². The summed E-state index contributed by atoms with van der Waals surface area (Å²) in [7, 11) is 1.80. The van der Waals surface area contributed by atoms with Crippen LogP contribution < -0.4 is 15.4 Å². The Bertz CT molecular complexity index is 641. The molecule has 7 nitrogen and oxygen atoms in total. The van der Waals surface area contributed by atoms with Crippen LogP contribution in [0.2, 0.25) is 0 Å². The van der Waals surface area contributed by atoms with Crippen LogP contribution in [0, 0.1) is 0 Å². The Balaban J connectivity index is 1.35. The number of benzene rings is 1. The molecule has 0 amide bonds. The Kier molecular flexibility index (Phi) is 11.0. The summed E-state index contributed by atoms with van der Waals surface area (Å²) in [6, 6.07) is 8.20. The van der Waals surface area contributed by atoms with Gasteiger partial charge in [0.25, 0.3) is 0 Å². The molecule has 31 heavy (non-hydrogen) atoms. The standard InChI is InChI=1S/C24H40N4O3/c1-25-24(26-12-16-30-22-9-4-2-3-5-10-22)27-20-21-8-6-7-11-23(21)31-19-15-28-13-17-29-18-14-28/h6-8,11,22H,2-5,9-10,12-20H2,1H3,(H2,25,26,27). The van der Waals surface area contributed by atoms with Gasteiger partial charge in [-0.1, -0.05) is 43.9 Å². The van der Waals surface area contributed by atoms with Crippen molar-refractivity contribution in [3.8, 4) is 5.75 Å². The van der Waals surface area contributed by atoms with Crippen molar-refractivity contribution in [2.75, 3.05) is 59.7 Å². The topological polar surface area (TPSA) is 67.4 Å². The highest BCUT2D eigenvalue weighted by atomic mass is 16.5. The molecule has 1 heterocycles. The molecule has 1 aliphatic carbocycles. The number of rotatable bonds is 10. The predicted octanol–water partition coefficient (Wildman–Crippen LogP) is 2.80.